The molecule has 0 fully saturated rings. The monoisotopic (exact) mass is 279 g/mol. The summed E-state index contributed by atoms with van der Waals surface area (Å²) in [7, 11) is 1.61. The van der Waals surface area contributed by atoms with E-state index in [0.717, 1.165) is 12.2 Å². The summed E-state index contributed by atoms with van der Waals surface area (Å²) < 4.78 is 10.9. The third-order valence-electron chi connectivity index (χ3n) is 3.00. The lowest BCUT2D eigenvalue weighted by Gasteiger charge is -2.18. The van der Waals surface area contributed by atoms with Crippen molar-refractivity contribution in [1.82, 2.24) is 5.32 Å². The van der Waals surface area contributed by atoms with E-state index in [2.05, 4.69) is 19.2 Å². The maximum atomic E-state index is 12.0. The van der Waals surface area contributed by atoms with Gasteiger partial charge < -0.3 is 14.8 Å². The number of rotatable bonds is 8. The van der Waals surface area contributed by atoms with Gasteiger partial charge in [-0.25, -0.2) is 0 Å². The quantitative estimate of drug-likeness (QED) is 0.795. The molecule has 0 aliphatic heterocycles. The van der Waals surface area contributed by atoms with Crippen molar-refractivity contribution in [2.24, 2.45) is 5.92 Å². The van der Waals surface area contributed by atoms with Crippen LogP contribution >= 0.6 is 0 Å². The van der Waals surface area contributed by atoms with Crippen LogP contribution in [0.5, 0.6) is 11.5 Å². The number of hydrogen-bond donors (Lipinski definition) is 1. The van der Waals surface area contributed by atoms with E-state index in [1.165, 1.54) is 0 Å². The van der Waals surface area contributed by atoms with Crippen molar-refractivity contribution in [2.75, 3.05) is 13.7 Å². The van der Waals surface area contributed by atoms with Crippen LogP contribution in [0, 0.1) is 5.92 Å². The minimum Gasteiger partial charge on any atom is -0.497 e. The Morgan fingerprint density at radius 1 is 1.30 bits per heavy atom. The summed E-state index contributed by atoms with van der Waals surface area (Å²) in [5.74, 6) is 1.89. The summed E-state index contributed by atoms with van der Waals surface area (Å²) in [4.78, 5) is 12.0. The molecule has 0 saturated carbocycles. The number of nitrogens with one attached hydrogen (secondary N) is 1. The Kier molecular flexibility index (Phi) is 6.91. The largest absolute Gasteiger partial charge is 0.497 e. The van der Waals surface area contributed by atoms with Crippen LogP contribution < -0.4 is 14.8 Å². The summed E-state index contributed by atoms with van der Waals surface area (Å²) in [6.45, 7) is 6.90. The average molecular weight is 279 g/mol. The first-order chi connectivity index (χ1) is 9.56. The average Bonchev–Trinajstić information content (AvgIpc) is 2.44. The second-order valence-electron chi connectivity index (χ2n) is 5.17. The SMILES string of the molecule is CC[C@@H](Oc1cccc(OC)c1)C(=O)NCCC(C)C. The number of amides is 1. The molecule has 0 aliphatic carbocycles. The van der Waals surface area contributed by atoms with Crippen molar-refractivity contribution < 1.29 is 14.3 Å². The normalized spacial score (nSPS) is 12.1. The van der Waals surface area contributed by atoms with Gasteiger partial charge in [-0.1, -0.05) is 26.8 Å². The number of carbonyl (C=O) groups is 1. The Hall–Kier alpha value is -1.71. The van der Waals surface area contributed by atoms with Gasteiger partial charge in [-0.3, -0.25) is 4.79 Å². The van der Waals surface area contributed by atoms with Crippen LogP contribution in [0.2, 0.25) is 0 Å². The summed E-state index contributed by atoms with van der Waals surface area (Å²) in [5, 5.41) is 2.92. The molecular formula is C16H25NO3. The Morgan fingerprint density at radius 3 is 2.60 bits per heavy atom. The topological polar surface area (TPSA) is 47.6 Å². The fraction of sp³-hybridized carbons (Fsp3) is 0.562. The Bertz CT molecular complexity index is 418. The highest BCUT2D eigenvalue weighted by Crippen LogP contribution is 2.20. The number of ether oxygens (including phenoxy) is 2. The van der Waals surface area contributed by atoms with Crippen LogP contribution in [0.3, 0.4) is 0 Å². The molecule has 4 nitrogen and oxygen atoms in total. The molecule has 0 saturated heterocycles. The first kappa shape index (κ1) is 16.3. The van der Waals surface area contributed by atoms with Crippen molar-refractivity contribution >= 4 is 5.91 Å². The Morgan fingerprint density at radius 2 is 2.00 bits per heavy atom. The molecule has 4 heteroatoms. The molecule has 0 bridgehead atoms. The second-order valence-corrected chi connectivity index (χ2v) is 5.17. The third-order valence-corrected chi connectivity index (χ3v) is 3.00. The van der Waals surface area contributed by atoms with Crippen LogP contribution in [0.4, 0.5) is 0 Å². The van der Waals surface area contributed by atoms with Crippen LogP contribution in [0.15, 0.2) is 24.3 Å². The highest BCUT2D eigenvalue weighted by molar-refractivity contribution is 5.81. The number of methoxy groups -OCH3 is 1. The number of benzene rings is 1. The molecule has 112 valence electrons. The van der Waals surface area contributed by atoms with Gasteiger partial charge in [0.05, 0.1) is 7.11 Å². The summed E-state index contributed by atoms with van der Waals surface area (Å²) in [6, 6.07) is 7.30. The van der Waals surface area contributed by atoms with Crippen molar-refractivity contribution in [1.29, 1.82) is 0 Å². The summed E-state index contributed by atoms with van der Waals surface area (Å²) in [6.07, 6.45) is 1.14. The van der Waals surface area contributed by atoms with Crippen molar-refractivity contribution in [3.8, 4) is 11.5 Å². The van der Waals surface area contributed by atoms with E-state index in [0.29, 0.717) is 24.6 Å². The van der Waals surface area contributed by atoms with Crippen molar-refractivity contribution in [3.63, 3.8) is 0 Å². The van der Waals surface area contributed by atoms with Gasteiger partial charge in [-0.05, 0) is 30.9 Å². The molecule has 1 rings (SSSR count). The van der Waals surface area contributed by atoms with Gasteiger partial charge in [0, 0.05) is 12.6 Å². The van der Waals surface area contributed by atoms with Crippen molar-refractivity contribution in [2.45, 2.75) is 39.7 Å². The minimum atomic E-state index is -0.464. The predicted octanol–water partition coefficient (Wildman–Crippen LogP) is 3.01. The zero-order chi connectivity index (χ0) is 15.0. The Balaban J connectivity index is 2.54. The lowest BCUT2D eigenvalue weighted by molar-refractivity contribution is -0.128. The molecule has 0 aromatic heterocycles. The second kappa shape index (κ2) is 8.46. The van der Waals surface area contributed by atoms with Crippen LogP contribution in [0.1, 0.15) is 33.6 Å². The number of carbonyl (C=O) groups excluding carboxylic acids is 1. The number of hydrogen-bond acceptors (Lipinski definition) is 3. The van der Waals surface area contributed by atoms with Crippen LogP contribution in [-0.4, -0.2) is 25.7 Å². The highest BCUT2D eigenvalue weighted by atomic mass is 16.5. The van der Waals surface area contributed by atoms with E-state index in [9.17, 15) is 4.79 Å². The van der Waals surface area contributed by atoms with Crippen LogP contribution in [0.25, 0.3) is 0 Å². The standard InChI is InChI=1S/C16H25NO3/c1-5-15(16(18)17-10-9-12(2)3)20-14-8-6-7-13(11-14)19-4/h6-8,11-12,15H,5,9-10H2,1-4H3,(H,17,18)/t15-/m1/s1. The predicted molar refractivity (Wildman–Crippen MR) is 80.2 cm³/mol. The van der Waals surface area contributed by atoms with E-state index in [1.54, 1.807) is 13.2 Å². The van der Waals surface area contributed by atoms with E-state index in [-0.39, 0.29) is 5.91 Å². The van der Waals surface area contributed by atoms with E-state index in [1.807, 2.05) is 25.1 Å². The van der Waals surface area contributed by atoms with Gasteiger partial charge in [0.15, 0.2) is 6.10 Å². The van der Waals surface area contributed by atoms with Gasteiger partial charge in [0.1, 0.15) is 11.5 Å². The molecule has 1 amide bonds. The molecule has 1 aromatic rings. The summed E-state index contributed by atoms with van der Waals surface area (Å²) >= 11 is 0. The molecule has 1 N–H and O–H groups in total. The molecule has 1 atom stereocenters. The van der Waals surface area contributed by atoms with E-state index < -0.39 is 6.10 Å². The van der Waals surface area contributed by atoms with E-state index in [4.69, 9.17) is 9.47 Å². The third kappa shape index (κ3) is 5.51. The highest BCUT2D eigenvalue weighted by Gasteiger charge is 2.18. The van der Waals surface area contributed by atoms with Gasteiger partial charge >= 0.3 is 0 Å². The van der Waals surface area contributed by atoms with Gasteiger partial charge in [-0.2, -0.15) is 0 Å². The first-order valence-corrected chi connectivity index (χ1v) is 7.15. The van der Waals surface area contributed by atoms with Gasteiger partial charge in [-0.15, -0.1) is 0 Å². The Labute approximate surface area is 121 Å². The molecule has 1 aromatic carbocycles. The maximum absolute atomic E-state index is 12.0. The first-order valence-electron chi connectivity index (χ1n) is 7.15. The van der Waals surface area contributed by atoms with Crippen molar-refractivity contribution in [3.05, 3.63) is 24.3 Å². The molecule has 0 heterocycles. The molecule has 0 aliphatic rings. The molecular weight excluding hydrogens is 254 g/mol. The lowest BCUT2D eigenvalue weighted by Crippen LogP contribution is -2.38. The minimum absolute atomic E-state index is 0.0593. The maximum Gasteiger partial charge on any atom is 0.261 e. The smallest absolute Gasteiger partial charge is 0.261 e. The molecule has 0 radical (unpaired) electrons. The van der Waals surface area contributed by atoms with Crippen LogP contribution in [-0.2, 0) is 4.79 Å². The molecule has 0 spiro atoms. The lowest BCUT2D eigenvalue weighted by atomic mass is 10.1. The van der Waals surface area contributed by atoms with E-state index >= 15 is 0 Å². The molecule has 0 unspecified atom stereocenters. The zero-order valence-electron chi connectivity index (χ0n) is 12.8. The fourth-order valence-electron chi connectivity index (χ4n) is 1.76. The molecule has 20 heavy (non-hydrogen) atoms. The fourth-order valence-corrected chi connectivity index (χ4v) is 1.76. The van der Waals surface area contributed by atoms with Gasteiger partial charge in [0.25, 0.3) is 5.91 Å². The summed E-state index contributed by atoms with van der Waals surface area (Å²) in [5.41, 5.74) is 0. The van der Waals surface area contributed by atoms with Gasteiger partial charge in [0.2, 0.25) is 0 Å². The zero-order valence-corrected chi connectivity index (χ0v) is 12.8.